The Morgan fingerprint density at radius 2 is 0.933 bits per heavy atom. The fraction of sp³-hybridized carbons (Fsp3) is 0. The van der Waals surface area contributed by atoms with Crippen LogP contribution in [0.1, 0.15) is 0 Å². The van der Waals surface area contributed by atoms with Crippen LogP contribution in [-0.4, -0.2) is 15.0 Å². The van der Waals surface area contributed by atoms with Gasteiger partial charge in [0.15, 0.2) is 17.5 Å². The van der Waals surface area contributed by atoms with Crippen LogP contribution in [0.4, 0.5) is 0 Å². The van der Waals surface area contributed by atoms with E-state index in [1.165, 1.54) is 21.5 Å². The number of rotatable bonds is 4. The second-order valence-corrected chi connectivity index (χ2v) is 11.2. The van der Waals surface area contributed by atoms with E-state index >= 15 is 0 Å². The van der Waals surface area contributed by atoms with E-state index in [1.807, 2.05) is 72.8 Å². The molecule has 4 nitrogen and oxygen atoms in total. The summed E-state index contributed by atoms with van der Waals surface area (Å²) in [5.74, 6) is 1.94. The van der Waals surface area contributed by atoms with Gasteiger partial charge in [-0.15, -0.1) is 0 Å². The van der Waals surface area contributed by atoms with Crippen molar-refractivity contribution in [1.29, 1.82) is 0 Å². The summed E-state index contributed by atoms with van der Waals surface area (Å²) in [5.41, 5.74) is 6.91. The van der Waals surface area contributed by atoms with Crippen LogP contribution < -0.4 is 0 Å². The van der Waals surface area contributed by atoms with E-state index < -0.39 is 0 Å². The van der Waals surface area contributed by atoms with Crippen LogP contribution in [0.3, 0.4) is 0 Å². The lowest BCUT2D eigenvalue weighted by Gasteiger charge is -2.12. The number of fused-ring (bicyclic) bond motifs is 7. The van der Waals surface area contributed by atoms with Crippen molar-refractivity contribution in [2.75, 3.05) is 0 Å². The summed E-state index contributed by atoms with van der Waals surface area (Å²) in [7, 11) is 0. The molecule has 7 aromatic carbocycles. The highest BCUT2D eigenvalue weighted by Gasteiger charge is 2.16. The smallest absolute Gasteiger partial charge is 0.164 e. The molecule has 0 aliphatic carbocycles. The van der Waals surface area contributed by atoms with Gasteiger partial charge in [-0.05, 0) is 45.5 Å². The predicted octanol–water partition coefficient (Wildman–Crippen LogP) is 10.7. The number of nitrogens with zero attached hydrogens (tertiary/aromatic N) is 3. The van der Waals surface area contributed by atoms with Crippen molar-refractivity contribution in [3.8, 4) is 45.3 Å². The Labute approximate surface area is 259 Å². The number of hydrogen-bond donors (Lipinski definition) is 0. The Balaban J connectivity index is 1.24. The van der Waals surface area contributed by atoms with E-state index in [4.69, 9.17) is 19.4 Å². The minimum Gasteiger partial charge on any atom is -0.456 e. The third kappa shape index (κ3) is 4.27. The summed E-state index contributed by atoms with van der Waals surface area (Å²) < 4.78 is 6.25. The van der Waals surface area contributed by atoms with Gasteiger partial charge >= 0.3 is 0 Å². The van der Waals surface area contributed by atoms with Crippen molar-refractivity contribution in [2.24, 2.45) is 0 Å². The van der Waals surface area contributed by atoms with Gasteiger partial charge in [0.1, 0.15) is 11.2 Å². The summed E-state index contributed by atoms with van der Waals surface area (Å²) in [6, 6.07) is 52.2. The molecule has 0 saturated carbocycles. The first-order valence-corrected chi connectivity index (χ1v) is 15.0. The maximum Gasteiger partial charge on any atom is 0.164 e. The van der Waals surface area contributed by atoms with Crippen LogP contribution in [0, 0.1) is 0 Å². The first-order valence-electron chi connectivity index (χ1n) is 15.0. The normalized spacial score (nSPS) is 11.6. The molecule has 2 aromatic heterocycles. The maximum absolute atomic E-state index is 6.25. The molecule has 0 radical (unpaired) electrons. The molecule has 4 heteroatoms. The van der Waals surface area contributed by atoms with E-state index in [-0.39, 0.29) is 0 Å². The Morgan fingerprint density at radius 3 is 1.69 bits per heavy atom. The molecular formula is C41H25N3O. The fourth-order valence-corrected chi connectivity index (χ4v) is 6.41. The molecule has 0 bridgehead atoms. The Hall–Kier alpha value is -6.13. The summed E-state index contributed by atoms with van der Waals surface area (Å²) in [6.45, 7) is 0. The molecule has 0 fully saturated rings. The first kappa shape index (κ1) is 25.4. The van der Waals surface area contributed by atoms with Gasteiger partial charge in [-0.25, -0.2) is 15.0 Å². The van der Waals surface area contributed by atoms with Gasteiger partial charge in [0, 0.05) is 32.8 Å². The second-order valence-electron chi connectivity index (χ2n) is 11.2. The SMILES string of the molecule is c1ccc(-c2nc(-c3ccccc3)nc(-c3cccc(-c4cccc5c4ccc4ccc6oc7ccccc7c6c45)c3)n2)cc1. The van der Waals surface area contributed by atoms with E-state index in [9.17, 15) is 0 Å². The van der Waals surface area contributed by atoms with Crippen molar-refractivity contribution in [3.05, 3.63) is 152 Å². The van der Waals surface area contributed by atoms with E-state index in [0.717, 1.165) is 49.8 Å². The van der Waals surface area contributed by atoms with Crippen LogP contribution in [-0.2, 0) is 0 Å². The largest absolute Gasteiger partial charge is 0.456 e. The van der Waals surface area contributed by atoms with Gasteiger partial charge in [-0.1, -0.05) is 133 Å². The highest BCUT2D eigenvalue weighted by Crippen LogP contribution is 2.41. The van der Waals surface area contributed by atoms with Gasteiger partial charge in [0.2, 0.25) is 0 Å². The first-order chi connectivity index (χ1) is 22.3. The molecule has 0 aliphatic rings. The van der Waals surface area contributed by atoms with Gasteiger partial charge in [-0.3, -0.25) is 0 Å². The van der Waals surface area contributed by atoms with Gasteiger partial charge in [-0.2, -0.15) is 0 Å². The van der Waals surface area contributed by atoms with Crippen molar-refractivity contribution in [2.45, 2.75) is 0 Å². The number of para-hydroxylation sites is 1. The predicted molar refractivity (Wildman–Crippen MR) is 184 cm³/mol. The molecule has 0 atom stereocenters. The topological polar surface area (TPSA) is 51.8 Å². The highest BCUT2D eigenvalue weighted by molar-refractivity contribution is 6.27. The average molecular weight is 576 g/mol. The van der Waals surface area contributed by atoms with Crippen LogP contribution in [0.2, 0.25) is 0 Å². The van der Waals surface area contributed by atoms with E-state index in [2.05, 4.69) is 78.9 Å². The molecule has 0 aliphatic heterocycles. The molecule has 210 valence electrons. The zero-order valence-corrected chi connectivity index (χ0v) is 24.2. The summed E-state index contributed by atoms with van der Waals surface area (Å²) in [5, 5.41) is 7.09. The highest BCUT2D eigenvalue weighted by atomic mass is 16.3. The molecule has 9 aromatic rings. The third-order valence-electron chi connectivity index (χ3n) is 8.51. The monoisotopic (exact) mass is 575 g/mol. The third-order valence-corrected chi connectivity index (χ3v) is 8.51. The number of furan rings is 1. The summed E-state index contributed by atoms with van der Waals surface area (Å²) in [6.07, 6.45) is 0. The molecule has 9 rings (SSSR count). The van der Waals surface area contributed by atoms with Gasteiger partial charge in [0.25, 0.3) is 0 Å². The van der Waals surface area contributed by atoms with Crippen LogP contribution in [0.5, 0.6) is 0 Å². The fourth-order valence-electron chi connectivity index (χ4n) is 6.41. The van der Waals surface area contributed by atoms with Crippen molar-refractivity contribution in [3.63, 3.8) is 0 Å². The molecule has 0 saturated heterocycles. The Bertz CT molecular complexity index is 2480. The number of benzene rings is 7. The minimum atomic E-state index is 0.641. The summed E-state index contributed by atoms with van der Waals surface area (Å²) >= 11 is 0. The van der Waals surface area contributed by atoms with Gasteiger partial charge < -0.3 is 4.42 Å². The lowest BCUT2D eigenvalue weighted by atomic mass is 9.92. The average Bonchev–Trinajstić information content (AvgIpc) is 3.51. The van der Waals surface area contributed by atoms with Crippen LogP contribution >= 0.6 is 0 Å². The van der Waals surface area contributed by atoms with Gasteiger partial charge in [0.05, 0.1) is 0 Å². The minimum absolute atomic E-state index is 0.641. The van der Waals surface area contributed by atoms with Crippen molar-refractivity contribution < 1.29 is 4.42 Å². The van der Waals surface area contributed by atoms with Crippen molar-refractivity contribution in [1.82, 2.24) is 15.0 Å². The molecule has 0 N–H and O–H groups in total. The molecule has 0 spiro atoms. The van der Waals surface area contributed by atoms with E-state index in [0.29, 0.717) is 17.5 Å². The number of aromatic nitrogens is 3. The zero-order valence-electron chi connectivity index (χ0n) is 24.2. The molecule has 45 heavy (non-hydrogen) atoms. The Kier molecular flexibility index (Phi) is 5.78. The maximum atomic E-state index is 6.25. The molecule has 0 amide bonds. The lowest BCUT2D eigenvalue weighted by Crippen LogP contribution is -2.00. The number of hydrogen-bond acceptors (Lipinski definition) is 4. The molecular weight excluding hydrogens is 550 g/mol. The quantitative estimate of drug-likeness (QED) is 0.196. The van der Waals surface area contributed by atoms with Crippen LogP contribution in [0.15, 0.2) is 156 Å². The van der Waals surface area contributed by atoms with E-state index in [1.54, 1.807) is 0 Å². The van der Waals surface area contributed by atoms with Crippen LogP contribution in [0.25, 0.3) is 88.8 Å². The molecule has 0 unspecified atom stereocenters. The standard InChI is InChI=1S/C41H25N3O/c1-3-11-27(12-4-1)39-42-40(28-13-5-2-6-14-28)44-41(43-39)30-16-9-15-29(25-30)31-18-10-19-33-32(31)23-21-26-22-24-36-38(37(26)33)34-17-7-8-20-35(34)45-36/h1-25H. The Morgan fingerprint density at radius 1 is 0.356 bits per heavy atom. The summed E-state index contributed by atoms with van der Waals surface area (Å²) in [4.78, 5) is 14.8. The molecule has 2 heterocycles. The van der Waals surface area contributed by atoms with Crippen molar-refractivity contribution >= 4 is 43.5 Å². The second kappa shape index (κ2) is 10.2. The lowest BCUT2D eigenvalue weighted by molar-refractivity contribution is 0.669. The zero-order chi connectivity index (χ0) is 29.7.